The fourth-order valence-electron chi connectivity index (χ4n) is 1.81. The second kappa shape index (κ2) is 6.44. The number of aliphatic carboxylic acids is 1. The summed E-state index contributed by atoms with van der Waals surface area (Å²) in [6, 6.07) is -1.26. The summed E-state index contributed by atoms with van der Waals surface area (Å²) < 4.78 is 0. The Labute approximate surface area is 101 Å². The number of amides is 2. The number of hydrogen-bond acceptors (Lipinski definition) is 3. The lowest BCUT2D eigenvalue weighted by Gasteiger charge is -2.29. The molecule has 0 saturated carbocycles. The number of carbonyl (C=O) groups excluding carboxylic acids is 1. The van der Waals surface area contributed by atoms with Crippen molar-refractivity contribution in [3.05, 3.63) is 0 Å². The van der Waals surface area contributed by atoms with Crippen LogP contribution in [-0.2, 0) is 4.79 Å². The Morgan fingerprint density at radius 2 is 2.00 bits per heavy atom. The van der Waals surface area contributed by atoms with Gasteiger partial charge in [0.1, 0.15) is 6.04 Å². The highest BCUT2D eigenvalue weighted by molar-refractivity contribution is 5.82. The molecule has 98 valence electrons. The molecule has 6 heteroatoms. The second-order valence-corrected chi connectivity index (χ2v) is 4.66. The monoisotopic (exact) mass is 243 g/mol. The van der Waals surface area contributed by atoms with Crippen LogP contribution >= 0.6 is 0 Å². The van der Waals surface area contributed by atoms with Gasteiger partial charge in [-0.3, -0.25) is 4.79 Å². The van der Waals surface area contributed by atoms with E-state index in [9.17, 15) is 9.59 Å². The Hall–Kier alpha value is -1.30. The largest absolute Gasteiger partial charge is 0.480 e. The van der Waals surface area contributed by atoms with Crippen LogP contribution in [0.1, 0.15) is 19.8 Å². The minimum absolute atomic E-state index is 0.404. The van der Waals surface area contributed by atoms with Gasteiger partial charge in [-0.2, -0.15) is 0 Å². The minimum Gasteiger partial charge on any atom is -0.480 e. The molecule has 2 amide bonds. The zero-order valence-corrected chi connectivity index (χ0v) is 10.4. The number of nitrogens with zero attached hydrogens (tertiary/aromatic N) is 1. The van der Waals surface area contributed by atoms with Crippen LogP contribution in [0.4, 0.5) is 4.79 Å². The predicted molar refractivity (Wildman–Crippen MR) is 63.9 cm³/mol. The van der Waals surface area contributed by atoms with E-state index in [-0.39, 0.29) is 0 Å². The molecular formula is C11H21N3O3. The molecule has 1 rings (SSSR count). The minimum atomic E-state index is -1.03. The lowest BCUT2D eigenvalue weighted by Crippen LogP contribution is -2.46. The van der Waals surface area contributed by atoms with Gasteiger partial charge < -0.3 is 20.6 Å². The summed E-state index contributed by atoms with van der Waals surface area (Å²) in [7, 11) is 2.09. The molecule has 1 aliphatic heterocycles. The lowest BCUT2D eigenvalue weighted by molar-refractivity contribution is -0.138. The van der Waals surface area contributed by atoms with Crippen molar-refractivity contribution in [2.45, 2.75) is 25.8 Å². The zero-order valence-electron chi connectivity index (χ0n) is 10.4. The van der Waals surface area contributed by atoms with E-state index >= 15 is 0 Å². The van der Waals surface area contributed by atoms with Crippen LogP contribution in [0.3, 0.4) is 0 Å². The van der Waals surface area contributed by atoms with E-state index in [1.54, 1.807) is 0 Å². The number of carbonyl (C=O) groups is 2. The molecule has 0 spiro atoms. The van der Waals surface area contributed by atoms with Crippen molar-refractivity contribution in [2.24, 2.45) is 5.92 Å². The maximum absolute atomic E-state index is 11.4. The SMILES string of the molecule is C[C@H](NC(=O)NCC1CCN(C)CC1)C(=O)O. The number of piperidine rings is 1. The number of urea groups is 1. The van der Waals surface area contributed by atoms with Gasteiger partial charge in [-0.25, -0.2) is 4.79 Å². The van der Waals surface area contributed by atoms with Gasteiger partial charge in [0.05, 0.1) is 0 Å². The van der Waals surface area contributed by atoms with Gasteiger partial charge in [0.2, 0.25) is 0 Å². The first-order chi connectivity index (χ1) is 7.99. The summed E-state index contributed by atoms with van der Waals surface area (Å²) in [5.41, 5.74) is 0. The number of nitrogens with one attached hydrogen (secondary N) is 2. The van der Waals surface area contributed by atoms with Gasteiger partial charge in [0.25, 0.3) is 0 Å². The normalized spacial score (nSPS) is 19.6. The van der Waals surface area contributed by atoms with Crippen molar-refractivity contribution in [3.63, 3.8) is 0 Å². The summed E-state index contributed by atoms with van der Waals surface area (Å²) in [5, 5.41) is 13.7. The summed E-state index contributed by atoms with van der Waals surface area (Å²) in [4.78, 5) is 24.2. The van der Waals surface area contributed by atoms with E-state index in [1.165, 1.54) is 6.92 Å². The van der Waals surface area contributed by atoms with Crippen LogP contribution in [0.5, 0.6) is 0 Å². The Bertz CT molecular complexity index is 275. The van der Waals surface area contributed by atoms with Crippen LogP contribution in [0.15, 0.2) is 0 Å². The molecule has 0 bridgehead atoms. The van der Waals surface area contributed by atoms with Crippen molar-refractivity contribution in [3.8, 4) is 0 Å². The van der Waals surface area contributed by atoms with Crippen LogP contribution in [-0.4, -0.2) is 54.7 Å². The predicted octanol–water partition coefficient (Wildman–Crippen LogP) is 0.101. The third-order valence-electron chi connectivity index (χ3n) is 3.11. The Balaban J connectivity index is 2.17. The molecule has 1 aliphatic rings. The number of carboxylic acid groups (broad SMARTS) is 1. The molecule has 1 saturated heterocycles. The number of hydrogen-bond donors (Lipinski definition) is 3. The first-order valence-corrected chi connectivity index (χ1v) is 5.94. The molecule has 1 heterocycles. The average molecular weight is 243 g/mol. The van der Waals surface area contributed by atoms with Crippen LogP contribution in [0, 0.1) is 5.92 Å². The Morgan fingerprint density at radius 1 is 1.41 bits per heavy atom. The number of carboxylic acids is 1. The van der Waals surface area contributed by atoms with Crippen LogP contribution in [0.25, 0.3) is 0 Å². The summed E-state index contributed by atoms with van der Waals surface area (Å²) in [6.07, 6.45) is 2.15. The standard InChI is InChI=1S/C11H21N3O3/c1-8(10(15)16)13-11(17)12-7-9-3-5-14(2)6-4-9/h8-9H,3-7H2,1-2H3,(H,15,16)(H2,12,13,17)/t8-/m0/s1. The summed E-state index contributed by atoms with van der Waals surface area (Å²) in [5.74, 6) is -0.531. The van der Waals surface area contributed by atoms with E-state index in [0.29, 0.717) is 12.5 Å². The van der Waals surface area contributed by atoms with Gasteiger partial charge in [-0.1, -0.05) is 0 Å². The molecule has 6 nitrogen and oxygen atoms in total. The van der Waals surface area contributed by atoms with Gasteiger partial charge in [0.15, 0.2) is 0 Å². The van der Waals surface area contributed by atoms with Crippen LogP contribution in [0.2, 0.25) is 0 Å². The number of rotatable bonds is 4. The molecular weight excluding hydrogens is 222 g/mol. The quantitative estimate of drug-likeness (QED) is 0.654. The zero-order chi connectivity index (χ0) is 12.8. The molecule has 0 aromatic rings. The van der Waals surface area contributed by atoms with Crippen molar-refractivity contribution < 1.29 is 14.7 Å². The third-order valence-corrected chi connectivity index (χ3v) is 3.11. The lowest BCUT2D eigenvalue weighted by atomic mass is 9.97. The van der Waals surface area contributed by atoms with Gasteiger partial charge in [-0.05, 0) is 45.8 Å². The van der Waals surface area contributed by atoms with Gasteiger partial charge >= 0.3 is 12.0 Å². The van der Waals surface area contributed by atoms with Crippen molar-refractivity contribution >= 4 is 12.0 Å². The van der Waals surface area contributed by atoms with E-state index < -0.39 is 18.0 Å². The number of likely N-dealkylation sites (tertiary alicyclic amines) is 1. The smallest absolute Gasteiger partial charge is 0.325 e. The molecule has 0 unspecified atom stereocenters. The van der Waals surface area contributed by atoms with E-state index in [4.69, 9.17) is 5.11 Å². The molecule has 0 aromatic heterocycles. The first kappa shape index (κ1) is 13.8. The van der Waals surface area contributed by atoms with Crippen LogP contribution < -0.4 is 10.6 Å². The third kappa shape index (κ3) is 5.04. The molecule has 0 aliphatic carbocycles. The molecule has 0 radical (unpaired) electrons. The first-order valence-electron chi connectivity index (χ1n) is 5.94. The highest BCUT2D eigenvalue weighted by Crippen LogP contribution is 2.14. The fourth-order valence-corrected chi connectivity index (χ4v) is 1.81. The maximum atomic E-state index is 11.4. The topological polar surface area (TPSA) is 81.7 Å². The summed E-state index contributed by atoms with van der Waals surface area (Å²) >= 11 is 0. The van der Waals surface area contributed by atoms with E-state index in [0.717, 1.165) is 25.9 Å². The molecule has 0 aromatic carbocycles. The van der Waals surface area contributed by atoms with Gasteiger partial charge in [-0.15, -0.1) is 0 Å². The second-order valence-electron chi connectivity index (χ2n) is 4.66. The van der Waals surface area contributed by atoms with E-state index in [2.05, 4.69) is 22.6 Å². The highest BCUT2D eigenvalue weighted by atomic mass is 16.4. The molecule has 17 heavy (non-hydrogen) atoms. The molecule has 3 N–H and O–H groups in total. The molecule has 1 atom stereocenters. The van der Waals surface area contributed by atoms with Crippen molar-refractivity contribution in [1.29, 1.82) is 0 Å². The Morgan fingerprint density at radius 3 is 2.53 bits per heavy atom. The van der Waals surface area contributed by atoms with Crippen molar-refractivity contribution in [2.75, 3.05) is 26.7 Å². The summed E-state index contributed by atoms with van der Waals surface area (Å²) in [6.45, 7) is 4.17. The average Bonchev–Trinajstić information content (AvgIpc) is 2.28. The van der Waals surface area contributed by atoms with Gasteiger partial charge in [0, 0.05) is 6.54 Å². The highest BCUT2D eigenvalue weighted by Gasteiger charge is 2.18. The van der Waals surface area contributed by atoms with E-state index in [1.807, 2.05) is 0 Å². The Kier molecular flexibility index (Phi) is 5.21. The fraction of sp³-hybridized carbons (Fsp3) is 0.818. The maximum Gasteiger partial charge on any atom is 0.325 e. The van der Waals surface area contributed by atoms with Crippen molar-refractivity contribution in [1.82, 2.24) is 15.5 Å². The molecule has 1 fully saturated rings.